The van der Waals surface area contributed by atoms with Gasteiger partial charge in [0.05, 0.1) is 18.8 Å². The third kappa shape index (κ3) is 4.75. The van der Waals surface area contributed by atoms with Crippen molar-refractivity contribution >= 4 is 22.9 Å². The minimum atomic E-state index is 0.00214. The number of hydrogen-bond acceptors (Lipinski definition) is 4. The first-order valence-electron chi connectivity index (χ1n) is 10.9. The molecule has 1 saturated carbocycles. The van der Waals surface area contributed by atoms with E-state index in [-0.39, 0.29) is 5.91 Å². The standard InChI is InChI=1S/C25H32N4OS/c1-15-9-16(2)25(17(3)10-15)27-23(30)12-28(6)13-24-26-22(14-31-24)21-11-18(4)29(19(21)5)20-7-8-20/h9-11,14,20H,7-8,12-13H2,1-6H3,(H,27,30). The van der Waals surface area contributed by atoms with E-state index in [0.29, 0.717) is 19.1 Å². The smallest absolute Gasteiger partial charge is 0.238 e. The molecule has 1 aromatic carbocycles. The number of aromatic nitrogens is 2. The summed E-state index contributed by atoms with van der Waals surface area (Å²) >= 11 is 1.66. The van der Waals surface area contributed by atoms with Gasteiger partial charge in [0.1, 0.15) is 5.01 Å². The van der Waals surface area contributed by atoms with Crippen LogP contribution >= 0.6 is 11.3 Å². The topological polar surface area (TPSA) is 50.2 Å². The summed E-state index contributed by atoms with van der Waals surface area (Å²) < 4.78 is 2.46. The summed E-state index contributed by atoms with van der Waals surface area (Å²) in [6.45, 7) is 11.5. The molecule has 4 rings (SSSR count). The summed E-state index contributed by atoms with van der Waals surface area (Å²) in [5.74, 6) is 0.00214. The van der Waals surface area contributed by atoms with E-state index in [2.05, 4.69) is 54.2 Å². The SMILES string of the molecule is Cc1cc(C)c(NC(=O)CN(C)Cc2nc(-c3cc(C)n(C4CC4)c3C)cs2)c(C)c1. The van der Waals surface area contributed by atoms with Gasteiger partial charge < -0.3 is 9.88 Å². The van der Waals surface area contributed by atoms with Crippen molar-refractivity contribution in [1.29, 1.82) is 0 Å². The zero-order valence-corrected chi connectivity index (χ0v) is 20.2. The summed E-state index contributed by atoms with van der Waals surface area (Å²) in [6.07, 6.45) is 2.57. The molecule has 2 heterocycles. The van der Waals surface area contributed by atoms with Crippen LogP contribution in [0.5, 0.6) is 0 Å². The maximum Gasteiger partial charge on any atom is 0.238 e. The molecule has 0 atom stereocenters. The number of hydrogen-bond donors (Lipinski definition) is 1. The Morgan fingerprint density at radius 1 is 1.16 bits per heavy atom. The van der Waals surface area contributed by atoms with E-state index in [1.165, 1.54) is 35.4 Å². The van der Waals surface area contributed by atoms with Crippen molar-refractivity contribution in [3.63, 3.8) is 0 Å². The Bertz CT molecular complexity index is 1100. The van der Waals surface area contributed by atoms with Gasteiger partial charge in [0.25, 0.3) is 0 Å². The highest BCUT2D eigenvalue weighted by atomic mass is 32.1. The lowest BCUT2D eigenvalue weighted by atomic mass is 10.1. The van der Waals surface area contributed by atoms with Crippen LogP contribution < -0.4 is 5.32 Å². The third-order valence-electron chi connectivity index (χ3n) is 5.98. The van der Waals surface area contributed by atoms with Gasteiger partial charge in [0, 0.05) is 34.1 Å². The Morgan fingerprint density at radius 3 is 2.48 bits per heavy atom. The van der Waals surface area contributed by atoms with Crippen molar-refractivity contribution in [2.24, 2.45) is 0 Å². The van der Waals surface area contributed by atoms with Crippen LogP contribution in [0.3, 0.4) is 0 Å². The average Bonchev–Trinajstić information content (AvgIpc) is 3.32. The molecule has 0 radical (unpaired) electrons. The number of anilines is 1. The Balaban J connectivity index is 1.39. The Hall–Kier alpha value is -2.44. The molecule has 1 fully saturated rings. The monoisotopic (exact) mass is 436 g/mol. The van der Waals surface area contributed by atoms with Crippen LogP contribution in [-0.2, 0) is 11.3 Å². The predicted molar refractivity (Wildman–Crippen MR) is 129 cm³/mol. The molecule has 2 aromatic heterocycles. The fraction of sp³-hybridized carbons (Fsp3) is 0.440. The van der Waals surface area contributed by atoms with E-state index >= 15 is 0 Å². The number of likely N-dealkylation sites (N-methyl/N-ethyl adjacent to an activating group) is 1. The Kier molecular flexibility index (Phi) is 6.04. The molecule has 5 nitrogen and oxygen atoms in total. The molecule has 6 heteroatoms. The van der Waals surface area contributed by atoms with Gasteiger partial charge in [-0.2, -0.15) is 0 Å². The Labute approximate surface area is 189 Å². The number of thiazole rings is 1. The molecule has 0 unspecified atom stereocenters. The van der Waals surface area contributed by atoms with Crippen molar-refractivity contribution in [3.05, 3.63) is 56.7 Å². The molecule has 3 aromatic rings. The lowest BCUT2D eigenvalue weighted by Gasteiger charge is -2.17. The summed E-state index contributed by atoms with van der Waals surface area (Å²) in [5, 5.41) is 6.26. The molecule has 0 aliphatic heterocycles. The van der Waals surface area contributed by atoms with Crippen LogP contribution in [0.1, 0.15) is 52.0 Å². The minimum absolute atomic E-state index is 0.00214. The van der Waals surface area contributed by atoms with E-state index in [4.69, 9.17) is 4.98 Å². The van der Waals surface area contributed by atoms with E-state index in [1.807, 2.05) is 25.8 Å². The highest BCUT2D eigenvalue weighted by Crippen LogP contribution is 2.40. The van der Waals surface area contributed by atoms with Gasteiger partial charge in [-0.1, -0.05) is 17.7 Å². The summed E-state index contributed by atoms with van der Waals surface area (Å²) in [7, 11) is 1.97. The van der Waals surface area contributed by atoms with Crippen molar-refractivity contribution in [2.45, 2.75) is 60.0 Å². The number of aryl methyl sites for hydroxylation is 4. The molecular formula is C25H32N4OS. The molecule has 0 spiro atoms. The van der Waals surface area contributed by atoms with E-state index < -0.39 is 0 Å². The highest BCUT2D eigenvalue weighted by molar-refractivity contribution is 7.09. The van der Waals surface area contributed by atoms with Crippen molar-refractivity contribution in [1.82, 2.24) is 14.5 Å². The van der Waals surface area contributed by atoms with Crippen LogP contribution in [0.4, 0.5) is 5.69 Å². The summed E-state index contributed by atoms with van der Waals surface area (Å²) in [5.41, 5.74) is 9.24. The lowest BCUT2D eigenvalue weighted by molar-refractivity contribution is -0.117. The fourth-order valence-corrected chi connectivity index (χ4v) is 5.40. The predicted octanol–water partition coefficient (Wildman–Crippen LogP) is 5.56. The van der Waals surface area contributed by atoms with E-state index in [1.54, 1.807) is 11.3 Å². The first-order chi connectivity index (χ1) is 14.7. The number of nitrogens with one attached hydrogen (secondary N) is 1. The number of carbonyl (C=O) groups excluding carboxylic acids is 1. The number of nitrogens with zero attached hydrogens (tertiary/aromatic N) is 3. The fourth-order valence-electron chi connectivity index (χ4n) is 4.53. The number of benzene rings is 1. The normalized spacial score (nSPS) is 13.8. The second-order valence-electron chi connectivity index (χ2n) is 9.01. The van der Waals surface area contributed by atoms with Crippen LogP contribution in [0, 0.1) is 34.6 Å². The first-order valence-corrected chi connectivity index (χ1v) is 11.8. The van der Waals surface area contributed by atoms with Crippen molar-refractivity contribution in [2.75, 3.05) is 18.9 Å². The molecule has 1 N–H and O–H groups in total. The van der Waals surface area contributed by atoms with Gasteiger partial charge in [-0.25, -0.2) is 4.98 Å². The maximum absolute atomic E-state index is 12.6. The molecule has 1 aliphatic carbocycles. The quantitative estimate of drug-likeness (QED) is 0.528. The van der Waals surface area contributed by atoms with E-state index in [0.717, 1.165) is 27.5 Å². The molecular weight excluding hydrogens is 404 g/mol. The largest absolute Gasteiger partial charge is 0.345 e. The van der Waals surface area contributed by atoms with Crippen molar-refractivity contribution in [3.8, 4) is 11.3 Å². The van der Waals surface area contributed by atoms with Crippen LogP contribution in [0.25, 0.3) is 11.3 Å². The molecule has 1 amide bonds. The average molecular weight is 437 g/mol. The zero-order chi connectivity index (χ0) is 22.3. The molecule has 164 valence electrons. The number of amides is 1. The second-order valence-corrected chi connectivity index (χ2v) is 9.95. The third-order valence-corrected chi connectivity index (χ3v) is 6.82. The molecule has 0 bridgehead atoms. The molecule has 0 saturated heterocycles. The van der Waals surface area contributed by atoms with Crippen molar-refractivity contribution < 1.29 is 4.79 Å². The molecule has 1 aliphatic rings. The summed E-state index contributed by atoms with van der Waals surface area (Å²) in [6, 6.07) is 7.14. The van der Waals surface area contributed by atoms with Gasteiger partial charge in [0.15, 0.2) is 0 Å². The van der Waals surface area contributed by atoms with Gasteiger partial charge >= 0.3 is 0 Å². The van der Waals surface area contributed by atoms with Gasteiger partial charge in [-0.3, -0.25) is 9.69 Å². The number of carbonyl (C=O) groups is 1. The highest BCUT2D eigenvalue weighted by Gasteiger charge is 2.27. The maximum atomic E-state index is 12.6. The lowest BCUT2D eigenvalue weighted by Crippen LogP contribution is -2.30. The number of rotatable bonds is 7. The van der Waals surface area contributed by atoms with Crippen LogP contribution in [0.2, 0.25) is 0 Å². The summed E-state index contributed by atoms with van der Waals surface area (Å²) in [4.78, 5) is 19.5. The molecule has 31 heavy (non-hydrogen) atoms. The van der Waals surface area contributed by atoms with Gasteiger partial charge in [-0.05, 0) is 71.7 Å². The van der Waals surface area contributed by atoms with Crippen LogP contribution in [-0.4, -0.2) is 34.0 Å². The zero-order valence-electron chi connectivity index (χ0n) is 19.4. The van der Waals surface area contributed by atoms with Crippen LogP contribution in [0.15, 0.2) is 23.6 Å². The minimum Gasteiger partial charge on any atom is -0.345 e. The first kappa shape index (κ1) is 21.8. The van der Waals surface area contributed by atoms with Gasteiger partial charge in [0.2, 0.25) is 5.91 Å². The van der Waals surface area contributed by atoms with Gasteiger partial charge in [-0.15, -0.1) is 11.3 Å². The Morgan fingerprint density at radius 2 is 1.84 bits per heavy atom. The second kappa shape index (κ2) is 8.60. The van der Waals surface area contributed by atoms with E-state index in [9.17, 15) is 4.79 Å².